The third-order valence-electron chi connectivity index (χ3n) is 4.07. The number of carboxylic acid groups (broad SMARTS) is 1. The quantitative estimate of drug-likeness (QED) is 0.806. The highest BCUT2D eigenvalue weighted by atomic mass is 16.4. The second kappa shape index (κ2) is 6.78. The third kappa shape index (κ3) is 3.85. The summed E-state index contributed by atoms with van der Waals surface area (Å²) in [6, 6.07) is 0.0264. The molecule has 5 heteroatoms. The first-order valence-corrected chi connectivity index (χ1v) is 7.26. The average molecular weight is 270 g/mol. The maximum Gasteiger partial charge on any atom is 0.329 e. The number of carbonyl (C=O) groups excluding carboxylic acids is 1. The molecular weight excluding hydrogens is 244 g/mol. The van der Waals surface area contributed by atoms with Gasteiger partial charge in [0.2, 0.25) is 0 Å². The Bertz CT molecular complexity index is 331. The summed E-state index contributed by atoms with van der Waals surface area (Å²) in [5.41, 5.74) is -1.18. The molecule has 0 bridgehead atoms. The van der Waals surface area contributed by atoms with Crippen LogP contribution in [-0.2, 0) is 4.79 Å². The van der Waals surface area contributed by atoms with Crippen molar-refractivity contribution in [1.29, 1.82) is 0 Å². The second-order valence-corrected chi connectivity index (χ2v) is 5.55. The number of rotatable bonds is 5. The van der Waals surface area contributed by atoms with Gasteiger partial charge in [-0.3, -0.25) is 0 Å². The number of likely N-dealkylation sites (tertiary alicyclic amines) is 1. The van der Waals surface area contributed by atoms with Crippen LogP contribution < -0.4 is 5.32 Å². The van der Waals surface area contributed by atoms with Gasteiger partial charge in [-0.1, -0.05) is 20.3 Å². The van der Waals surface area contributed by atoms with Crippen molar-refractivity contribution in [2.24, 2.45) is 0 Å². The molecular formula is C14H26N2O3. The summed E-state index contributed by atoms with van der Waals surface area (Å²) in [5.74, 6) is -0.979. The van der Waals surface area contributed by atoms with E-state index in [0.29, 0.717) is 6.42 Å². The normalized spacial score (nSPS) is 22.7. The van der Waals surface area contributed by atoms with Gasteiger partial charge in [0.15, 0.2) is 0 Å². The minimum atomic E-state index is -1.18. The van der Waals surface area contributed by atoms with E-state index < -0.39 is 11.5 Å². The topological polar surface area (TPSA) is 69.6 Å². The van der Waals surface area contributed by atoms with Crippen LogP contribution in [0.5, 0.6) is 0 Å². The number of carbonyl (C=O) groups is 2. The molecule has 0 spiro atoms. The van der Waals surface area contributed by atoms with Crippen molar-refractivity contribution in [1.82, 2.24) is 10.2 Å². The van der Waals surface area contributed by atoms with E-state index in [-0.39, 0.29) is 12.1 Å². The van der Waals surface area contributed by atoms with Crippen molar-refractivity contribution in [3.05, 3.63) is 0 Å². The molecule has 2 N–H and O–H groups in total. The number of aliphatic carboxylic acids is 1. The Morgan fingerprint density at radius 3 is 2.58 bits per heavy atom. The maximum atomic E-state index is 12.3. The minimum absolute atomic E-state index is 0.232. The molecule has 1 rings (SSSR count). The molecule has 0 radical (unpaired) electrons. The van der Waals surface area contributed by atoms with Crippen LogP contribution in [0.3, 0.4) is 0 Å². The minimum Gasteiger partial charge on any atom is -0.480 e. The van der Waals surface area contributed by atoms with Gasteiger partial charge < -0.3 is 15.3 Å². The van der Waals surface area contributed by atoms with E-state index in [0.717, 1.165) is 38.6 Å². The molecule has 1 saturated heterocycles. The van der Waals surface area contributed by atoms with Gasteiger partial charge >= 0.3 is 12.0 Å². The lowest BCUT2D eigenvalue weighted by molar-refractivity contribution is -0.143. The van der Waals surface area contributed by atoms with Crippen molar-refractivity contribution in [3.8, 4) is 0 Å². The van der Waals surface area contributed by atoms with Crippen molar-refractivity contribution < 1.29 is 14.7 Å². The van der Waals surface area contributed by atoms with Crippen LogP contribution in [0, 0.1) is 0 Å². The number of urea groups is 1. The number of amides is 2. The van der Waals surface area contributed by atoms with Crippen LogP contribution >= 0.6 is 0 Å². The number of carboxylic acids is 1. The Labute approximate surface area is 115 Å². The maximum absolute atomic E-state index is 12.3. The van der Waals surface area contributed by atoms with E-state index in [1.54, 1.807) is 13.8 Å². The molecule has 2 amide bonds. The van der Waals surface area contributed by atoms with E-state index >= 15 is 0 Å². The summed E-state index contributed by atoms with van der Waals surface area (Å²) in [7, 11) is 0. The molecule has 2 atom stereocenters. The molecule has 0 aromatic carbocycles. The number of nitrogens with zero attached hydrogens (tertiary/aromatic N) is 1. The molecule has 110 valence electrons. The van der Waals surface area contributed by atoms with Gasteiger partial charge in [-0.25, -0.2) is 9.59 Å². The Balaban J connectivity index is 2.71. The largest absolute Gasteiger partial charge is 0.480 e. The lowest BCUT2D eigenvalue weighted by Gasteiger charge is -2.38. The fraction of sp³-hybridized carbons (Fsp3) is 0.857. The highest BCUT2D eigenvalue weighted by Crippen LogP contribution is 2.22. The molecule has 0 aliphatic carbocycles. The predicted molar refractivity (Wildman–Crippen MR) is 74.1 cm³/mol. The summed E-state index contributed by atoms with van der Waals surface area (Å²) in [6.07, 6.45) is 5.58. The van der Waals surface area contributed by atoms with Gasteiger partial charge in [-0.05, 0) is 39.0 Å². The molecule has 1 fully saturated rings. The smallest absolute Gasteiger partial charge is 0.329 e. The summed E-state index contributed by atoms with van der Waals surface area (Å²) in [4.78, 5) is 25.4. The number of hydrogen-bond acceptors (Lipinski definition) is 2. The van der Waals surface area contributed by atoms with Crippen molar-refractivity contribution >= 4 is 12.0 Å². The van der Waals surface area contributed by atoms with Gasteiger partial charge in [-0.2, -0.15) is 0 Å². The zero-order chi connectivity index (χ0) is 14.5. The molecule has 19 heavy (non-hydrogen) atoms. The van der Waals surface area contributed by atoms with Crippen molar-refractivity contribution in [3.63, 3.8) is 0 Å². The average Bonchev–Trinajstić information content (AvgIpc) is 2.39. The molecule has 1 heterocycles. The Hall–Kier alpha value is -1.26. The standard InChI is InChI=1S/C14H26N2O3/c1-4-8-11-9-6-7-10-16(11)13(19)15-14(3,5-2)12(17)18/h11H,4-10H2,1-3H3,(H,15,19)(H,17,18). The van der Waals surface area contributed by atoms with Crippen LogP contribution in [0.15, 0.2) is 0 Å². The molecule has 0 saturated carbocycles. The highest BCUT2D eigenvalue weighted by molar-refractivity contribution is 5.86. The van der Waals surface area contributed by atoms with Crippen LogP contribution in [0.2, 0.25) is 0 Å². The summed E-state index contributed by atoms with van der Waals surface area (Å²) >= 11 is 0. The summed E-state index contributed by atoms with van der Waals surface area (Å²) < 4.78 is 0. The van der Waals surface area contributed by atoms with Crippen molar-refractivity contribution in [2.45, 2.75) is 70.9 Å². The van der Waals surface area contributed by atoms with Gasteiger partial charge in [0.05, 0.1) is 0 Å². The van der Waals surface area contributed by atoms with Crippen molar-refractivity contribution in [2.75, 3.05) is 6.54 Å². The fourth-order valence-corrected chi connectivity index (χ4v) is 2.50. The number of hydrogen-bond donors (Lipinski definition) is 2. The number of nitrogens with one attached hydrogen (secondary N) is 1. The Morgan fingerprint density at radius 2 is 2.05 bits per heavy atom. The molecule has 1 aliphatic heterocycles. The molecule has 0 aromatic rings. The van der Waals surface area contributed by atoms with E-state index in [1.165, 1.54) is 0 Å². The number of piperidine rings is 1. The first kappa shape index (κ1) is 15.8. The summed E-state index contributed by atoms with van der Waals surface area (Å²) in [6.45, 7) is 6.17. The van der Waals surface area contributed by atoms with Crippen LogP contribution in [0.25, 0.3) is 0 Å². The zero-order valence-electron chi connectivity index (χ0n) is 12.2. The lowest BCUT2D eigenvalue weighted by Crippen LogP contribution is -2.58. The second-order valence-electron chi connectivity index (χ2n) is 5.55. The molecule has 0 aromatic heterocycles. The lowest BCUT2D eigenvalue weighted by atomic mass is 9.97. The molecule has 5 nitrogen and oxygen atoms in total. The van der Waals surface area contributed by atoms with E-state index in [9.17, 15) is 14.7 Å². The molecule has 1 aliphatic rings. The zero-order valence-corrected chi connectivity index (χ0v) is 12.2. The van der Waals surface area contributed by atoms with Crippen LogP contribution in [0.4, 0.5) is 4.79 Å². The Morgan fingerprint density at radius 1 is 1.37 bits per heavy atom. The van der Waals surface area contributed by atoms with Crippen LogP contribution in [-0.4, -0.2) is 40.1 Å². The van der Waals surface area contributed by atoms with Gasteiger partial charge in [0.1, 0.15) is 5.54 Å². The SMILES string of the molecule is CCCC1CCCCN1C(=O)NC(C)(CC)C(=O)O. The first-order valence-electron chi connectivity index (χ1n) is 7.26. The van der Waals surface area contributed by atoms with E-state index in [4.69, 9.17) is 0 Å². The van der Waals surface area contributed by atoms with E-state index in [1.807, 2.05) is 4.90 Å². The Kier molecular flexibility index (Phi) is 5.63. The summed E-state index contributed by atoms with van der Waals surface area (Å²) in [5, 5.41) is 11.9. The fourth-order valence-electron chi connectivity index (χ4n) is 2.50. The first-order chi connectivity index (χ1) is 8.94. The monoisotopic (exact) mass is 270 g/mol. The van der Waals surface area contributed by atoms with Crippen LogP contribution in [0.1, 0.15) is 59.3 Å². The van der Waals surface area contributed by atoms with Gasteiger partial charge in [0, 0.05) is 12.6 Å². The predicted octanol–water partition coefficient (Wildman–Crippen LogP) is 2.60. The highest BCUT2D eigenvalue weighted by Gasteiger charge is 2.36. The molecule has 2 unspecified atom stereocenters. The third-order valence-corrected chi connectivity index (χ3v) is 4.07. The van der Waals surface area contributed by atoms with E-state index in [2.05, 4.69) is 12.2 Å². The van der Waals surface area contributed by atoms with Gasteiger partial charge in [0.25, 0.3) is 0 Å². The van der Waals surface area contributed by atoms with Gasteiger partial charge in [-0.15, -0.1) is 0 Å².